The van der Waals surface area contributed by atoms with Crippen molar-refractivity contribution in [3.05, 3.63) is 60.6 Å². The molecular weight excluding hydrogens is 863 g/mol. The van der Waals surface area contributed by atoms with Gasteiger partial charge in [0.2, 0.25) is 17.8 Å². The first kappa shape index (κ1) is 48.7. The van der Waals surface area contributed by atoms with E-state index in [9.17, 15) is 57.2 Å². The summed E-state index contributed by atoms with van der Waals surface area (Å²) >= 11 is 0. The Hall–Kier alpha value is -2.71. The van der Waals surface area contributed by atoms with Gasteiger partial charge >= 0.3 is 101 Å². The van der Waals surface area contributed by atoms with Gasteiger partial charge in [0.05, 0.1) is 28.7 Å². The first-order valence-electron chi connectivity index (χ1n) is 14.5. The molecule has 5 aromatic rings. The van der Waals surface area contributed by atoms with Crippen molar-refractivity contribution in [3.8, 4) is 5.75 Å². The van der Waals surface area contributed by atoms with E-state index in [1.165, 1.54) is 4.90 Å². The van der Waals surface area contributed by atoms with Crippen molar-refractivity contribution in [2.24, 2.45) is 10.2 Å². The quantitative estimate of drug-likeness (QED) is 0.0386. The maximum atomic E-state index is 14.6. The molecule has 284 valence electrons. The largest absolute Gasteiger partial charge is 1.00 e. The van der Waals surface area contributed by atoms with E-state index in [4.69, 9.17) is 4.74 Å². The molecule has 57 heavy (non-hydrogen) atoms. The van der Waals surface area contributed by atoms with E-state index in [-0.39, 0.29) is 127 Å². The van der Waals surface area contributed by atoms with Crippen molar-refractivity contribution in [1.82, 2.24) is 24.9 Å². The Morgan fingerprint density at radius 3 is 2.05 bits per heavy atom. The van der Waals surface area contributed by atoms with Crippen LogP contribution >= 0.6 is 0 Å². The minimum atomic E-state index is -5.47. The van der Waals surface area contributed by atoms with Crippen LogP contribution in [-0.2, 0) is 35.1 Å². The van der Waals surface area contributed by atoms with Crippen LogP contribution in [0.4, 0.5) is 53.6 Å². The average molecular weight is 881 g/mol. The molecule has 0 aliphatic carbocycles. The van der Waals surface area contributed by atoms with Gasteiger partial charge in [-0.15, -0.1) is 10.2 Å². The van der Waals surface area contributed by atoms with Gasteiger partial charge in [0.25, 0.3) is 10.1 Å². The topological polar surface area (TPSA) is 318 Å². The average Bonchev–Trinajstić information content (AvgIpc) is 3.06. The SMILES string of the molecule is O=S(=O)([O-])c1cc(Nc2nc(F)nc(N3CCOCC3)n2)c2c([O-])c(N=Nc3cc(Nc4cc(F)nc(F)n4)ccc3S(=O)(=O)[O-])c(S(=O)(=O)O)cc2c1.[Na+].[Na+].[Na+]. The third kappa shape index (κ3) is 11.7. The summed E-state index contributed by atoms with van der Waals surface area (Å²) in [5.74, 6) is -4.07. The molecule has 3 aromatic carbocycles. The van der Waals surface area contributed by atoms with Crippen LogP contribution < -0.4 is 109 Å². The summed E-state index contributed by atoms with van der Waals surface area (Å²) in [6.07, 6.45) is -2.81. The fourth-order valence-corrected chi connectivity index (χ4v) is 6.77. The monoisotopic (exact) mass is 880 g/mol. The van der Waals surface area contributed by atoms with Gasteiger partial charge in [0.1, 0.15) is 36.6 Å². The van der Waals surface area contributed by atoms with Crippen LogP contribution in [0.1, 0.15) is 0 Å². The Morgan fingerprint density at radius 2 is 1.44 bits per heavy atom. The Labute approximate surface area is 386 Å². The van der Waals surface area contributed by atoms with Crippen molar-refractivity contribution in [2.45, 2.75) is 14.7 Å². The molecule has 3 N–H and O–H groups in total. The minimum absolute atomic E-state index is 0. The van der Waals surface area contributed by atoms with Crippen molar-refractivity contribution >= 4 is 81.6 Å². The van der Waals surface area contributed by atoms with Gasteiger partial charge in [0, 0.05) is 30.5 Å². The second-order valence-corrected chi connectivity index (χ2v) is 14.9. The van der Waals surface area contributed by atoms with Crippen molar-refractivity contribution in [1.29, 1.82) is 0 Å². The maximum Gasteiger partial charge on any atom is 1.00 e. The van der Waals surface area contributed by atoms with E-state index in [1.54, 1.807) is 0 Å². The number of fused-ring (bicyclic) bond motifs is 1. The zero-order valence-corrected chi connectivity index (χ0v) is 37.8. The summed E-state index contributed by atoms with van der Waals surface area (Å²) in [6, 6.07) is 4.79. The predicted molar refractivity (Wildman–Crippen MR) is 171 cm³/mol. The van der Waals surface area contributed by atoms with Crippen LogP contribution in [0.5, 0.6) is 5.75 Å². The number of ether oxygens (including phenoxy) is 1. The van der Waals surface area contributed by atoms with Gasteiger partial charge in [0.15, 0.2) is 0 Å². The van der Waals surface area contributed by atoms with Crippen LogP contribution in [0.25, 0.3) is 10.8 Å². The fourth-order valence-electron chi connectivity index (χ4n) is 4.99. The van der Waals surface area contributed by atoms with E-state index in [1.807, 2.05) is 0 Å². The number of rotatable bonds is 10. The zero-order valence-electron chi connectivity index (χ0n) is 29.3. The van der Waals surface area contributed by atoms with Gasteiger partial charge in [-0.3, -0.25) is 4.55 Å². The van der Waals surface area contributed by atoms with Crippen molar-refractivity contribution in [2.75, 3.05) is 41.8 Å². The minimum Gasteiger partial charge on any atom is -0.870 e. The molecule has 0 unspecified atom stereocenters. The molecular formula is C27H18F3N10Na3O11S3. The Balaban J connectivity index is 0.00000290. The molecule has 1 saturated heterocycles. The number of hydrogen-bond acceptors (Lipinski definition) is 20. The molecule has 0 amide bonds. The molecule has 1 fully saturated rings. The van der Waals surface area contributed by atoms with E-state index < -0.39 is 108 Å². The van der Waals surface area contributed by atoms with Gasteiger partial charge in [-0.2, -0.15) is 46.5 Å². The van der Waals surface area contributed by atoms with Crippen LogP contribution in [0.15, 0.2) is 67.4 Å². The fraction of sp³-hybridized carbons (Fsp3) is 0.148. The van der Waals surface area contributed by atoms with E-state index >= 15 is 0 Å². The van der Waals surface area contributed by atoms with E-state index in [0.29, 0.717) is 30.3 Å². The number of halogens is 3. The summed E-state index contributed by atoms with van der Waals surface area (Å²) in [7, 11) is -16.2. The summed E-state index contributed by atoms with van der Waals surface area (Å²) in [5, 5.41) is 24.6. The van der Waals surface area contributed by atoms with Crippen molar-refractivity contribution < 1.29 is 151 Å². The molecule has 0 bridgehead atoms. The standard InChI is InChI=1S/C27H21F3N10O11S3.3Na/c28-19-11-20(34-24(29)33-19)31-13-1-2-17(53(45,46)47)15(9-13)38-39-22-18(54(48,49)50)8-12-7-14(52(42,43)44)10-16(21(12)23(22)41)32-26-35-25(30)36-27(37-26)40-3-5-51-6-4-40;;;/h1-2,7-11,41H,3-6H2,(H,31,33,34)(H,42,43,44)(H,45,46,47)(H,48,49,50)(H,32,35,36,37);;;/q;3*+1/p-3. The molecule has 0 spiro atoms. The molecule has 3 heterocycles. The Bertz CT molecular complexity index is 2700. The second-order valence-electron chi connectivity index (χ2n) is 10.8. The van der Waals surface area contributed by atoms with Gasteiger partial charge < -0.3 is 34.5 Å². The molecule has 21 nitrogen and oxygen atoms in total. The maximum absolute atomic E-state index is 14.6. The van der Waals surface area contributed by atoms with Crippen LogP contribution in [0, 0.1) is 18.1 Å². The predicted octanol–water partition coefficient (Wildman–Crippen LogP) is -6.89. The molecule has 2 aromatic heterocycles. The van der Waals surface area contributed by atoms with E-state index in [0.717, 1.165) is 12.1 Å². The first-order valence-corrected chi connectivity index (χ1v) is 18.8. The summed E-state index contributed by atoms with van der Waals surface area (Å²) < 4.78 is 154. The number of nitrogens with one attached hydrogen (secondary N) is 2. The summed E-state index contributed by atoms with van der Waals surface area (Å²) in [6.45, 7) is 0.947. The molecule has 1 aliphatic heterocycles. The number of morpholine rings is 1. The van der Waals surface area contributed by atoms with Gasteiger partial charge in [-0.1, -0.05) is 5.75 Å². The van der Waals surface area contributed by atoms with Crippen LogP contribution in [0.2, 0.25) is 0 Å². The van der Waals surface area contributed by atoms with Crippen LogP contribution in [-0.4, -0.2) is 90.1 Å². The Morgan fingerprint density at radius 1 is 0.772 bits per heavy atom. The van der Waals surface area contributed by atoms with E-state index in [2.05, 4.69) is 45.8 Å². The number of azo groups is 1. The first-order chi connectivity index (χ1) is 25.3. The number of hydrogen-bond donors (Lipinski definition) is 3. The van der Waals surface area contributed by atoms with Crippen molar-refractivity contribution in [3.63, 3.8) is 0 Å². The Kier molecular flexibility index (Phi) is 16.3. The van der Waals surface area contributed by atoms with Crippen LogP contribution in [0.3, 0.4) is 0 Å². The summed E-state index contributed by atoms with van der Waals surface area (Å²) in [4.78, 5) is 15.3. The molecule has 0 atom stereocenters. The molecule has 30 heteroatoms. The normalized spacial score (nSPS) is 13.4. The summed E-state index contributed by atoms with van der Waals surface area (Å²) in [5.41, 5.74) is -2.95. The third-order valence-electron chi connectivity index (χ3n) is 7.23. The third-order valence-corrected chi connectivity index (χ3v) is 9.80. The number of aromatic nitrogens is 5. The molecule has 6 rings (SSSR count). The number of anilines is 5. The molecule has 0 radical (unpaired) electrons. The zero-order chi connectivity index (χ0) is 39.2. The van der Waals surface area contributed by atoms with Gasteiger partial charge in [-0.25, -0.2) is 16.8 Å². The smallest absolute Gasteiger partial charge is 0.870 e. The number of nitrogens with zero attached hydrogens (tertiary/aromatic N) is 8. The molecule has 0 saturated carbocycles. The molecule has 1 aliphatic rings. The number of benzene rings is 3. The second kappa shape index (κ2) is 19.1. The van der Waals surface area contributed by atoms with Gasteiger partial charge in [-0.05, 0) is 47.2 Å².